The second-order valence-electron chi connectivity index (χ2n) is 6.21. The first-order valence-corrected chi connectivity index (χ1v) is 8.00. The normalized spacial score (nSPS) is 23.7. The van der Waals surface area contributed by atoms with Crippen molar-refractivity contribution in [1.29, 1.82) is 0 Å². The summed E-state index contributed by atoms with van der Waals surface area (Å²) in [5, 5.41) is 18.4. The molecule has 23 heavy (non-hydrogen) atoms. The van der Waals surface area contributed by atoms with E-state index in [-0.39, 0.29) is 11.9 Å². The lowest BCUT2D eigenvalue weighted by molar-refractivity contribution is -0.142. The summed E-state index contributed by atoms with van der Waals surface area (Å²) in [5.74, 6) is -1.51. The molecule has 1 heterocycles. The number of carboxylic acid groups (broad SMARTS) is 1. The molecule has 2 aliphatic rings. The average Bonchev–Trinajstić information content (AvgIpc) is 3.16. The number of nitrogens with zero attached hydrogens (tertiary/aromatic N) is 2. The van der Waals surface area contributed by atoms with E-state index in [1.54, 1.807) is 12.1 Å². The minimum atomic E-state index is -0.828. The van der Waals surface area contributed by atoms with Gasteiger partial charge in [0.2, 0.25) is 0 Å². The first-order valence-electron chi connectivity index (χ1n) is 8.00. The Kier molecular flexibility index (Phi) is 4.32. The molecule has 6 heteroatoms. The SMILES string of the molecule is CC1=NN(c2ccc(C(=O)NC3CCCC3C(=O)O)cc2)CC1. The van der Waals surface area contributed by atoms with Crippen molar-refractivity contribution in [3.8, 4) is 0 Å². The zero-order chi connectivity index (χ0) is 16.4. The lowest BCUT2D eigenvalue weighted by Gasteiger charge is -2.18. The zero-order valence-corrected chi connectivity index (χ0v) is 13.2. The van der Waals surface area contributed by atoms with Crippen LogP contribution in [0, 0.1) is 5.92 Å². The topological polar surface area (TPSA) is 82.0 Å². The van der Waals surface area contributed by atoms with Gasteiger partial charge in [0.15, 0.2) is 0 Å². The fraction of sp³-hybridized carbons (Fsp3) is 0.471. The molecule has 0 spiro atoms. The summed E-state index contributed by atoms with van der Waals surface area (Å²) in [6.45, 7) is 2.86. The lowest BCUT2D eigenvalue weighted by atomic mass is 10.0. The maximum atomic E-state index is 12.3. The van der Waals surface area contributed by atoms with Crippen LogP contribution in [-0.2, 0) is 4.79 Å². The number of hydrogen-bond acceptors (Lipinski definition) is 4. The van der Waals surface area contributed by atoms with Gasteiger partial charge in [-0.25, -0.2) is 0 Å². The molecule has 2 N–H and O–H groups in total. The molecule has 0 aromatic heterocycles. The first kappa shape index (κ1) is 15.5. The Morgan fingerprint density at radius 2 is 2.00 bits per heavy atom. The highest BCUT2D eigenvalue weighted by Crippen LogP contribution is 2.26. The molecule has 0 radical (unpaired) electrons. The number of anilines is 1. The summed E-state index contributed by atoms with van der Waals surface area (Å²) in [6, 6.07) is 7.00. The molecule has 0 saturated heterocycles. The van der Waals surface area contributed by atoms with Crippen LogP contribution in [0.25, 0.3) is 0 Å². The van der Waals surface area contributed by atoms with E-state index in [0.717, 1.165) is 37.2 Å². The number of benzene rings is 1. The molecular weight excluding hydrogens is 294 g/mol. The number of rotatable bonds is 4. The zero-order valence-electron chi connectivity index (χ0n) is 13.2. The van der Waals surface area contributed by atoms with Gasteiger partial charge in [0, 0.05) is 30.3 Å². The molecule has 0 bridgehead atoms. The van der Waals surface area contributed by atoms with E-state index in [1.165, 1.54) is 0 Å². The summed E-state index contributed by atoms with van der Waals surface area (Å²) in [4.78, 5) is 23.5. The molecule has 1 amide bonds. The quantitative estimate of drug-likeness (QED) is 0.893. The monoisotopic (exact) mass is 315 g/mol. The standard InChI is InChI=1S/C17H21N3O3/c1-11-9-10-20(19-11)13-7-5-12(6-8-13)16(21)18-15-4-2-3-14(15)17(22)23/h5-8,14-15H,2-4,9-10H2,1H3,(H,18,21)(H,22,23). The number of carbonyl (C=O) groups excluding carboxylic acids is 1. The number of carbonyl (C=O) groups is 2. The highest BCUT2D eigenvalue weighted by atomic mass is 16.4. The molecule has 1 aliphatic heterocycles. The number of hydrogen-bond donors (Lipinski definition) is 2. The van der Waals surface area contributed by atoms with E-state index in [0.29, 0.717) is 12.0 Å². The van der Waals surface area contributed by atoms with Crippen molar-refractivity contribution >= 4 is 23.3 Å². The van der Waals surface area contributed by atoms with Crippen LogP contribution in [0.4, 0.5) is 5.69 Å². The first-order chi connectivity index (χ1) is 11.0. The van der Waals surface area contributed by atoms with Gasteiger partial charge in [-0.3, -0.25) is 14.6 Å². The Morgan fingerprint density at radius 1 is 1.26 bits per heavy atom. The van der Waals surface area contributed by atoms with Gasteiger partial charge in [-0.05, 0) is 44.0 Å². The summed E-state index contributed by atoms with van der Waals surface area (Å²) < 4.78 is 0. The van der Waals surface area contributed by atoms with Crippen molar-refractivity contribution in [1.82, 2.24) is 5.32 Å². The van der Waals surface area contributed by atoms with E-state index < -0.39 is 11.9 Å². The number of carboxylic acids is 1. The van der Waals surface area contributed by atoms with Gasteiger partial charge in [0.25, 0.3) is 5.91 Å². The Labute approximate surface area is 135 Å². The lowest BCUT2D eigenvalue weighted by Crippen LogP contribution is -2.40. The smallest absolute Gasteiger partial charge is 0.308 e. The molecule has 1 fully saturated rings. The Hall–Kier alpha value is -2.37. The van der Waals surface area contributed by atoms with Gasteiger partial charge >= 0.3 is 5.97 Å². The average molecular weight is 315 g/mol. The Bertz CT molecular complexity index is 639. The van der Waals surface area contributed by atoms with Crippen LogP contribution >= 0.6 is 0 Å². The van der Waals surface area contributed by atoms with E-state index >= 15 is 0 Å². The summed E-state index contributed by atoms with van der Waals surface area (Å²) in [6.07, 6.45) is 3.15. The Morgan fingerprint density at radius 3 is 2.61 bits per heavy atom. The third-order valence-corrected chi connectivity index (χ3v) is 4.55. The van der Waals surface area contributed by atoms with Gasteiger partial charge in [-0.1, -0.05) is 6.42 Å². The van der Waals surface area contributed by atoms with Gasteiger partial charge in [-0.2, -0.15) is 5.10 Å². The van der Waals surface area contributed by atoms with Crippen molar-refractivity contribution in [2.45, 2.75) is 38.6 Å². The summed E-state index contributed by atoms with van der Waals surface area (Å²) >= 11 is 0. The van der Waals surface area contributed by atoms with Crippen LogP contribution in [0.5, 0.6) is 0 Å². The van der Waals surface area contributed by atoms with E-state index in [1.807, 2.05) is 24.1 Å². The molecule has 2 atom stereocenters. The predicted molar refractivity (Wildman–Crippen MR) is 87.7 cm³/mol. The molecule has 6 nitrogen and oxygen atoms in total. The van der Waals surface area contributed by atoms with Gasteiger partial charge in [0.05, 0.1) is 11.6 Å². The van der Waals surface area contributed by atoms with Crippen LogP contribution in [0.2, 0.25) is 0 Å². The van der Waals surface area contributed by atoms with Crippen molar-refractivity contribution in [3.63, 3.8) is 0 Å². The van der Waals surface area contributed by atoms with E-state index in [2.05, 4.69) is 10.4 Å². The van der Waals surface area contributed by atoms with Crippen molar-refractivity contribution < 1.29 is 14.7 Å². The maximum absolute atomic E-state index is 12.3. The molecular formula is C17H21N3O3. The summed E-state index contributed by atoms with van der Waals surface area (Å²) in [7, 11) is 0. The fourth-order valence-corrected chi connectivity index (χ4v) is 3.23. The maximum Gasteiger partial charge on any atom is 0.308 e. The van der Waals surface area contributed by atoms with Gasteiger partial charge in [-0.15, -0.1) is 0 Å². The van der Waals surface area contributed by atoms with Crippen LogP contribution in [0.3, 0.4) is 0 Å². The van der Waals surface area contributed by atoms with E-state index in [4.69, 9.17) is 0 Å². The number of aliphatic carboxylic acids is 1. The number of amides is 1. The largest absolute Gasteiger partial charge is 0.481 e. The fourth-order valence-electron chi connectivity index (χ4n) is 3.23. The minimum Gasteiger partial charge on any atom is -0.481 e. The van der Waals surface area contributed by atoms with E-state index in [9.17, 15) is 14.7 Å². The van der Waals surface area contributed by atoms with Crippen LogP contribution < -0.4 is 10.3 Å². The molecule has 3 rings (SSSR count). The molecule has 122 valence electrons. The number of nitrogens with one attached hydrogen (secondary N) is 1. The van der Waals surface area contributed by atoms with Crippen molar-refractivity contribution in [2.24, 2.45) is 11.0 Å². The minimum absolute atomic E-state index is 0.212. The Balaban J connectivity index is 1.65. The second-order valence-corrected chi connectivity index (χ2v) is 6.21. The number of hydrazone groups is 1. The third-order valence-electron chi connectivity index (χ3n) is 4.55. The van der Waals surface area contributed by atoms with Crippen LogP contribution in [0.1, 0.15) is 43.0 Å². The van der Waals surface area contributed by atoms with Crippen LogP contribution in [-0.4, -0.2) is 35.3 Å². The molecule has 2 unspecified atom stereocenters. The third kappa shape index (κ3) is 3.36. The molecule has 1 saturated carbocycles. The van der Waals surface area contributed by atoms with Crippen LogP contribution in [0.15, 0.2) is 29.4 Å². The molecule has 1 aromatic carbocycles. The van der Waals surface area contributed by atoms with Gasteiger partial charge < -0.3 is 10.4 Å². The molecule has 1 aliphatic carbocycles. The second kappa shape index (κ2) is 6.40. The highest BCUT2D eigenvalue weighted by molar-refractivity contribution is 5.95. The van der Waals surface area contributed by atoms with Crippen molar-refractivity contribution in [2.75, 3.05) is 11.6 Å². The highest BCUT2D eigenvalue weighted by Gasteiger charge is 2.34. The van der Waals surface area contributed by atoms with Crippen molar-refractivity contribution in [3.05, 3.63) is 29.8 Å². The summed E-state index contributed by atoms with van der Waals surface area (Å²) in [5.41, 5.74) is 2.61. The van der Waals surface area contributed by atoms with Gasteiger partial charge in [0.1, 0.15) is 0 Å². The molecule has 1 aromatic rings. The predicted octanol–water partition coefficient (Wildman–Crippen LogP) is 2.26.